The second-order valence-corrected chi connectivity index (χ2v) is 8.70. The SMILES string of the molecule is COc1cccc(C2NC(=O)N(c3cccc(C)c3)C(C)=C2c2nc(-c3cccc(Cl)c3)no2)c1. The number of rotatable bonds is 5. The quantitative estimate of drug-likeness (QED) is 0.352. The number of hydrogen-bond donors (Lipinski definition) is 1. The minimum atomic E-state index is -0.522. The molecule has 1 aromatic heterocycles. The Kier molecular flexibility index (Phi) is 6.01. The molecule has 35 heavy (non-hydrogen) atoms. The van der Waals surface area contributed by atoms with E-state index < -0.39 is 6.04 Å². The van der Waals surface area contributed by atoms with Crippen molar-refractivity contribution in [2.24, 2.45) is 0 Å². The predicted octanol–water partition coefficient (Wildman–Crippen LogP) is 6.41. The zero-order valence-corrected chi connectivity index (χ0v) is 20.2. The second kappa shape index (κ2) is 9.27. The number of halogens is 1. The van der Waals surface area contributed by atoms with Crippen LogP contribution in [0.3, 0.4) is 0 Å². The number of anilines is 1. The predicted molar refractivity (Wildman–Crippen MR) is 135 cm³/mol. The molecule has 1 atom stereocenters. The summed E-state index contributed by atoms with van der Waals surface area (Å²) in [5.41, 5.74) is 4.74. The Morgan fingerprint density at radius 1 is 1.03 bits per heavy atom. The molecule has 0 saturated heterocycles. The summed E-state index contributed by atoms with van der Waals surface area (Å²) in [6.45, 7) is 3.87. The summed E-state index contributed by atoms with van der Waals surface area (Å²) in [6, 6.07) is 21.8. The highest BCUT2D eigenvalue weighted by molar-refractivity contribution is 6.30. The van der Waals surface area contributed by atoms with E-state index in [0.717, 1.165) is 22.4 Å². The lowest BCUT2D eigenvalue weighted by Crippen LogP contribution is -2.46. The molecule has 1 aliphatic heterocycles. The molecule has 5 rings (SSSR count). The zero-order valence-electron chi connectivity index (χ0n) is 19.4. The van der Waals surface area contributed by atoms with Crippen molar-refractivity contribution in [2.45, 2.75) is 19.9 Å². The molecule has 0 fully saturated rings. The van der Waals surface area contributed by atoms with Crippen LogP contribution in [0.5, 0.6) is 5.75 Å². The van der Waals surface area contributed by atoms with Gasteiger partial charge in [-0.2, -0.15) is 4.98 Å². The Morgan fingerprint density at radius 2 is 1.83 bits per heavy atom. The van der Waals surface area contributed by atoms with Gasteiger partial charge in [-0.3, -0.25) is 4.90 Å². The average Bonchev–Trinajstić information content (AvgIpc) is 3.33. The van der Waals surface area contributed by atoms with Crippen molar-refractivity contribution in [1.29, 1.82) is 0 Å². The van der Waals surface area contributed by atoms with Crippen LogP contribution in [0.2, 0.25) is 5.02 Å². The summed E-state index contributed by atoms with van der Waals surface area (Å²) in [5.74, 6) is 1.40. The minimum absolute atomic E-state index is 0.251. The molecule has 1 unspecified atom stereocenters. The van der Waals surface area contributed by atoms with Gasteiger partial charge in [0, 0.05) is 16.3 Å². The number of methoxy groups -OCH3 is 1. The molecule has 8 heteroatoms. The summed E-state index contributed by atoms with van der Waals surface area (Å²) in [5, 5.41) is 7.89. The summed E-state index contributed by atoms with van der Waals surface area (Å²) in [6.07, 6.45) is 0. The van der Waals surface area contributed by atoms with Gasteiger partial charge >= 0.3 is 6.03 Å². The van der Waals surface area contributed by atoms with Crippen LogP contribution in [-0.2, 0) is 0 Å². The van der Waals surface area contributed by atoms with Crippen LogP contribution in [0.25, 0.3) is 17.0 Å². The first-order valence-electron chi connectivity index (χ1n) is 11.1. The fraction of sp³-hybridized carbons (Fsp3) is 0.148. The zero-order chi connectivity index (χ0) is 24.5. The number of allylic oxidation sites excluding steroid dienone is 1. The maximum atomic E-state index is 13.4. The molecule has 0 aliphatic carbocycles. The number of carbonyl (C=O) groups excluding carboxylic acids is 1. The molecule has 1 N–H and O–H groups in total. The molecule has 176 valence electrons. The highest BCUT2D eigenvalue weighted by atomic mass is 35.5. The number of aryl methyl sites for hydroxylation is 1. The van der Waals surface area contributed by atoms with Crippen molar-refractivity contribution in [1.82, 2.24) is 15.5 Å². The molecule has 3 aromatic carbocycles. The van der Waals surface area contributed by atoms with Crippen molar-refractivity contribution >= 4 is 28.9 Å². The average molecular weight is 487 g/mol. The fourth-order valence-corrected chi connectivity index (χ4v) is 4.44. The third-order valence-electron chi connectivity index (χ3n) is 5.91. The van der Waals surface area contributed by atoms with Gasteiger partial charge < -0.3 is 14.6 Å². The molecule has 1 aliphatic rings. The Hall–Kier alpha value is -4.10. The maximum Gasteiger partial charge on any atom is 0.326 e. The number of aromatic nitrogens is 2. The second-order valence-electron chi connectivity index (χ2n) is 8.27. The van der Waals surface area contributed by atoms with Gasteiger partial charge in [0.15, 0.2) is 0 Å². The molecule has 0 bridgehead atoms. The summed E-state index contributed by atoms with van der Waals surface area (Å²) in [7, 11) is 1.61. The molecule has 4 aromatic rings. The first-order chi connectivity index (χ1) is 16.9. The van der Waals surface area contributed by atoms with E-state index in [1.165, 1.54) is 0 Å². The van der Waals surface area contributed by atoms with Gasteiger partial charge in [0.2, 0.25) is 5.82 Å². The van der Waals surface area contributed by atoms with Gasteiger partial charge in [0.1, 0.15) is 5.75 Å². The molecule has 0 spiro atoms. The molecular formula is C27H23ClN4O3. The number of benzene rings is 3. The standard InChI is InChI=1S/C27H23ClN4O3/c1-16-7-4-11-21(13-16)32-17(2)23(24(29-27(32)33)18-8-6-12-22(15-18)34-3)26-30-25(31-35-26)19-9-5-10-20(28)14-19/h4-15,24H,1-3H3,(H,29,33). The number of urea groups is 1. The minimum Gasteiger partial charge on any atom is -0.497 e. The lowest BCUT2D eigenvalue weighted by Gasteiger charge is -2.35. The van der Waals surface area contributed by atoms with Gasteiger partial charge in [0.05, 0.1) is 24.4 Å². The topological polar surface area (TPSA) is 80.5 Å². The lowest BCUT2D eigenvalue weighted by molar-refractivity contribution is 0.244. The van der Waals surface area contributed by atoms with Gasteiger partial charge in [-0.1, -0.05) is 53.2 Å². The first kappa shape index (κ1) is 22.7. The van der Waals surface area contributed by atoms with Crippen LogP contribution < -0.4 is 15.0 Å². The van der Waals surface area contributed by atoms with E-state index in [1.54, 1.807) is 24.1 Å². The number of nitrogens with zero attached hydrogens (tertiary/aromatic N) is 3. The summed E-state index contributed by atoms with van der Waals surface area (Å²) >= 11 is 6.16. The Balaban J connectivity index is 1.67. The Bertz CT molecular complexity index is 1450. The van der Waals surface area contributed by atoms with Crippen molar-refractivity contribution in [2.75, 3.05) is 12.0 Å². The number of ether oxygens (including phenoxy) is 1. The first-order valence-corrected chi connectivity index (χ1v) is 11.4. The van der Waals surface area contributed by atoms with Crippen LogP contribution in [0.15, 0.2) is 83.0 Å². The van der Waals surface area contributed by atoms with E-state index in [-0.39, 0.29) is 6.03 Å². The van der Waals surface area contributed by atoms with E-state index in [4.69, 9.17) is 20.9 Å². The molecule has 0 radical (unpaired) electrons. The van der Waals surface area contributed by atoms with E-state index in [9.17, 15) is 4.79 Å². The number of nitrogens with one attached hydrogen (secondary N) is 1. The summed E-state index contributed by atoms with van der Waals surface area (Å²) in [4.78, 5) is 19.7. The van der Waals surface area contributed by atoms with Crippen molar-refractivity contribution < 1.29 is 14.1 Å². The maximum absolute atomic E-state index is 13.4. The van der Waals surface area contributed by atoms with Gasteiger partial charge in [-0.25, -0.2) is 4.79 Å². The highest BCUT2D eigenvalue weighted by Gasteiger charge is 2.36. The molecule has 7 nitrogen and oxygen atoms in total. The van der Waals surface area contributed by atoms with Gasteiger partial charge in [-0.05, 0) is 61.4 Å². The Labute approximate surface area is 208 Å². The number of carbonyl (C=O) groups is 1. The van der Waals surface area contributed by atoms with Crippen LogP contribution >= 0.6 is 11.6 Å². The van der Waals surface area contributed by atoms with Gasteiger partial charge in [-0.15, -0.1) is 0 Å². The molecule has 2 heterocycles. The molecule has 0 saturated carbocycles. The largest absolute Gasteiger partial charge is 0.497 e. The van der Waals surface area contributed by atoms with E-state index in [0.29, 0.717) is 33.8 Å². The lowest BCUT2D eigenvalue weighted by atomic mass is 9.94. The highest BCUT2D eigenvalue weighted by Crippen LogP contribution is 2.40. The van der Waals surface area contributed by atoms with Gasteiger partial charge in [0.25, 0.3) is 5.89 Å². The van der Waals surface area contributed by atoms with Crippen LogP contribution in [0.4, 0.5) is 10.5 Å². The van der Waals surface area contributed by atoms with E-state index in [2.05, 4.69) is 15.5 Å². The molecule has 2 amide bonds. The number of hydrogen-bond acceptors (Lipinski definition) is 5. The molecular weight excluding hydrogens is 464 g/mol. The van der Waals surface area contributed by atoms with E-state index in [1.807, 2.05) is 74.5 Å². The monoisotopic (exact) mass is 486 g/mol. The summed E-state index contributed by atoms with van der Waals surface area (Å²) < 4.78 is 11.2. The van der Waals surface area contributed by atoms with Crippen molar-refractivity contribution in [3.8, 4) is 17.1 Å². The fourth-order valence-electron chi connectivity index (χ4n) is 4.25. The smallest absolute Gasteiger partial charge is 0.326 e. The van der Waals surface area contributed by atoms with Crippen LogP contribution in [0, 0.1) is 6.92 Å². The Morgan fingerprint density at radius 3 is 2.60 bits per heavy atom. The van der Waals surface area contributed by atoms with Crippen molar-refractivity contribution in [3.63, 3.8) is 0 Å². The van der Waals surface area contributed by atoms with E-state index >= 15 is 0 Å². The number of amides is 2. The van der Waals surface area contributed by atoms with Crippen LogP contribution in [0.1, 0.15) is 30.0 Å². The third-order valence-corrected chi connectivity index (χ3v) is 6.15. The third kappa shape index (κ3) is 4.38. The normalized spacial score (nSPS) is 15.8. The van der Waals surface area contributed by atoms with Crippen molar-refractivity contribution in [3.05, 3.63) is 101 Å². The van der Waals surface area contributed by atoms with Crippen LogP contribution in [-0.4, -0.2) is 23.3 Å².